The summed E-state index contributed by atoms with van der Waals surface area (Å²) in [5.41, 5.74) is 3.00. The van der Waals surface area contributed by atoms with Gasteiger partial charge in [0.1, 0.15) is 0 Å². The van der Waals surface area contributed by atoms with Crippen LogP contribution in [0, 0.1) is 0 Å². The first-order chi connectivity index (χ1) is 11.3. The van der Waals surface area contributed by atoms with Crippen molar-refractivity contribution in [2.45, 2.75) is 31.3 Å². The smallest absolute Gasteiger partial charge is 0.0284 e. The molecule has 2 aliphatic heterocycles. The van der Waals surface area contributed by atoms with Gasteiger partial charge in [-0.3, -0.25) is 4.90 Å². The zero-order chi connectivity index (χ0) is 15.4. The van der Waals surface area contributed by atoms with Crippen molar-refractivity contribution in [3.63, 3.8) is 0 Å². The molecule has 5 rings (SSSR count). The first kappa shape index (κ1) is 13.3. The average molecular weight is 299 g/mol. The van der Waals surface area contributed by atoms with E-state index in [-0.39, 0.29) is 0 Å². The number of fused-ring (bicyclic) bond motifs is 5. The van der Waals surface area contributed by atoms with Crippen molar-refractivity contribution in [1.29, 1.82) is 0 Å². The fraction of sp³-hybridized carbons (Fsp3) is 0.273. The maximum absolute atomic E-state index is 2.56. The van der Waals surface area contributed by atoms with Crippen molar-refractivity contribution >= 4 is 27.1 Å². The zero-order valence-electron chi connectivity index (χ0n) is 13.5. The topological polar surface area (TPSA) is 3.24 Å². The van der Waals surface area contributed by atoms with E-state index in [1.807, 2.05) is 0 Å². The summed E-state index contributed by atoms with van der Waals surface area (Å²) in [6.07, 6.45) is 6.37. The molecule has 1 nitrogen and oxygen atoms in total. The van der Waals surface area contributed by atoms with Gasteiger partial charge in [-0.15, -0.1) is 0 Å². The molecule has 0 spiro atoms. The molecule has 114 valence electrons. The van der Waals surface area contributed by atoms with Crippen LogP contribution in [-0.4, -0.2) is 24.0 Å². The lowest BCUT2D eigenvalue weighted by molar-refractivity contribution is 0.264. The van der Waals surface area contributed by atoms with E-state index in [1.165, 1.54) is 46.4 Å². The largest absolute Gasteiger partial charge is 0.297 e. The zero-order valence-corrected chi connectivity index (χ0v) is 13.5. The van der Waals surface area contributed by atoms with E-state index in [1.54, 1.807) is 5.57 Å². The molecule has 1 heteroatoms. The molecule has 0 amide bonds. The summed E-state index contributed by atoms with van der Waals surface area (Å²) in [5, 5.41) is 5.51. The minimum Gasteiger partial charge on any atom is -0.297 e. The summed E-state index contributed by atoms with van der Waals surface area (Å²) in [7, 11) is 2.29. The molecule has 2 bridgehead atoms. The van der Waals surface area contributed by atoms with Gasteiger partial charge in [-0.25, -0.2) is 0 Å². The van der Waals surface area contributed by atoms with Crippen LogP contribution in [0.2, 0.25) is 0 Å². The van der Waals surface area contributed by atoms with Gasteiger partial charge >= 0.3 is 0 Å². The monoisotopic (exact) mass is 299 g/mol. The van der Waals surface area contributed by atoms with Gasteiger partial charge in [0, 0.05) is 12.1 Å². The average Bonchev–Trinajstić information content (AvgIpc) is 2.82. The van der Waals surface area contributed by atoms with Gasteiger partial charge in [-0.1, -0.05) is 54.6 Å². The van der Waals surface area contributed by atoms with Gasteiger partial charge < -0.3 is 0 Å². The number of benzene rings is 3. The predicted octanol–water partition coefficient (Wildman–Crippen LogP) is 5.24. The lowest BCUT2D eigenvalue weighted by Crippen LogP contribution is -2.34. The Bertz CT molecular complexity index is 937. The Labute approximate surface area is 137 Å². The van der Waals surface area contributed by atoms with Crippen LogP contribution in [0.3, 0.4) is 0 Å². The molecule has 2 heterocycles. The molecular weight excluding hydrogens is 278 g/mol. The van der Waals surface area contributed by atoms with Crippen LogP contribution < -0.4 is 0 Å². The number of hydrogen-bond donors (Lipinski definition) is 0. The highest BCUT2D eigenvalue weighted by molar-refractivity contribution is 6.11. The highest BCUT2D eigenvalue weighted by Crippen LogP contribution is 2.41. The Morgan fingerprint density at radius 2 is 1.61 bits per heavy atom. The third-order valence-electron chi connectivity index (χ3n) is 5.86. The third kappa shape index (κ3) is 1.96. The predicted molar refractivity (Wildman–Crippen MR) is 98.6 cm³/mol. The summed E-state index contributed by atoms with van der Waals surface area (Å²) in [5.74, 6) is 0. The summed E-state index contributed by atoms with van der Waals surface area (Å²) in [4.78, 5) is 2.56. The van der Waals surface area contributed by atoms with Crippen molar-refractivity contribution in [2.75, 3.05) is 7.05 Å². The molecule has 23 heavy (non-hydrogen) atoms. The van der Waals surface area contributed by atoms with Crippen molar-refractivity contribution in [3.8, 4) is 0 Å². The van der Waals surface area contributed by atoms with Crippen LogP contribution in [0.15, 0.2) is 60.7 Å². The first-order valence-electron chi connectivity index (χ1n) is 8.65. The molecule has 0 saturated carbocycles. The molecule has 0 N–H and O–H groups in total. The van der Waals surface area contributed by atoms with E-state index in [0.717, 1.165) is 6.04 Å². The Morgan fingerprint density at radius 1 is 0.870 bits per heavy atom. The van der Waals surface area contributed by atoms with Crippen LogP contribution in [0.25, 0.3) is 27.1 Å². The maximum Gasteiger partial charge on any atom is 0.0284 e. The second-order valence-electron chi connectivity index (χ2n) is 7.05. The number of nitrogens with zero attached hydrogens (tertiary/aromatic N) is 1. The fourth-order valence-corrected chi connectivity index (χ4v) is 4.56. The Balaban J connectivity index is 1.79. The fourth-order valence-electron chi connectivity index (χ4n) is 4.56. The van der Waals surface area contributed by atoms with E-state index >= 15 is 0 Å². The van der Waals surface area contributed by atoms with Gasteiger partial charge in [-0.05, 0) is 65.1 Å². The maximum atomic E-state index is 2.56. The van der Waals surface area contributed by atoms with Crippen LogP contribution in [0.1, 0.15) is 24.8 Å². The first-order valence-corrected chi connectivity index (χ1v) is 8.65. The molecule has 0 radical (unpaired) electrons. The molecule has 3 aromatic rings. The van der Waals surface area contributed by atoms with Gasteiger partial charge in [0.15, 0.2) is 0 Å². The normalized spacial score (nSPS) is 24.3. The highest BCUT2D eigenvalue weighted by atomic mass is 15.2. The van der Waals surface area contributed by atoms with Gasteiger partial charge in [0.2, 0.25) is 0 Å². The van der Waals surface area contributed by atoms with E-state index in [2.05, 4.69) is 72.6 Å². The van der Waals surface area contributed by atoms with E-state index < -0.39 is 0 Å². The number of hydrogen-bond acceptors (Lipinski definition) is 1. The van der Waals surface area contributed by atoms with Crippen LogP contribution in [0.5, 0.6) is 0 Å². The Hall–Kier alpha value is -2.12. The molecule has 1 fully saturated rings. The molecule has 0 aliphatic carbocycles. The molecule has 0 aromatic heterocycles. The molecule has 2 aliphatic rings. The molecule has 2 unspecified atom stereocenters. The van der Waals surface area contributed by atoms with Gasteiger partial charge in [0.05, 0.1) is 0 Å². The minimum atomic E-state index is 0.633. The molecule has 1 saturated heterocycles. The number of likely N-dealkylation sites (N-methyl/N-ethyl adjacent to an activating group) is 1. The van der Waals surface area contributed by atoms with E-state index in [4.69, 9.17) is 0 Å². The Morgan fingerprint density at radius 3 is 2.43 bits per heavy atom. The van der Waals surface area contributed by atoms with Crippen molar-refractivity contribution in [1.82, 2.24) is 4.90 Å². The molecule has 3 aromatic carbocycles. The van der Waals surface area contributed by atoms with Crippen molar-refractivity contribution < 1.29 is 0 Å². The summed E-state index contributed by atoms with van der Waals surface area (Å²) in [6.45, 7) is 0. The summed E-state index contributed by atoms with van der Waals surface area (Å²) < 4.78 is 0. The van der Waals surface area contributed by atoms with E-state index in [9.17, 15) is 0 Å². The lowest BCUT2D eigenvalue weighted by Gasteiger charge is -2.31. The molecular formula is C22H21N. The van der Waals surface area contributed by atoms with Crippen LogP contribution in [0.4, 0.5) is 0 Å². The highest BCUT2D eigenvalue weighted by Gasteiger charge is 2.34. The van der Waals surface area contributed by atoms with Gasteiger partial charge in [0.25, 0.3) is 0 Å². The van der Waals surface area contributed by atoms with Crippen LogP contribution in [-0.2, 0) is 0 Å². The van der Waals surface area contributed by atoms with Crippen molar-refractivity contribution in [3.05, 3.63) is 66.2 Å². The summed E-state index contributed by atoms with van der Waals surface area (Å²) >= 11 is 0. The summed E-state index contributed by atoms with van der Waals surface area (Å²) in [6, 6.07) is 21.4. The van der Waals surface area contributed by atoms with Crippen molar-refractivity contribution in [2.24, 2.45) is 0 Å². The van der Waals surface area contributed by atoms with E-state index in [0.29, 0.717) is 6.04 Å². The lowest BCUT2D eigenvalue weighted by atomic mass is 9.89. The third-order valence-corrected chi connectivity index (χ3v) is 5.86. The second kappa shape index (κ2) is 4.94. The second-order valence-corrected chi connectivity index (χ2v) is 7.05. The number of rotatable bonds is 1. The minimum absolute atomic E-state index is 0.633. The van der Waals surface area contributed by atoms with Gasteiger partial charge in [-0.2, -0.15) is 0 Å². The SMILES string of the molecule is CN1C2C=C(c3cc4ccccc4c4ccccc34)CC1CC2. The Kier molecular flexibility index (Phi) is 2.86. The quantitative estimate of drug-likeness (QED) is 0.555. The van der Waals surface area contributed by atoms with Crippen LogP contribution >= 0.6 is 0 Å². The molecule has 2 atom stereocenters. The standard InChI is InChI=1S/C22H21N/c1-23-17-10-11-18(23)13-16(12-17)22-14-15-6-2-3-7-19(15)20-8-4-5-9-21(20)22/h2-9,12,14,17-18H,10-11,13H2,1H3.